The largest absolute Gasteiger partial charge is 0.371 e. The Morgan fingerprint density at radius 2 is 1.56 bits per heavy atom. The van der Waals surface area contributed by atoms with Crippen LogP contribution in [0.3, 0.4) is 0 Å². The number of anilines is 1. The van der Waals surface area contributed by atoms with Crippen molar-refractivity contribution in [1.82, 2.24) is 14.9 Å². The van der Waals surface area contributed by atoms with Gasteiger partial charge in [0.05, 0.1) is 10.5 Å². The number of piperidine rings is 1. The van der Waals surface area contributed by atoms with Crippen molar-refractivity contribution >= 4 is 21.6 Å². The molecule has 2 fully saturated rings. The van der Waals surface area contributed by atoms with Gasteiger partial charge in [-0.05, 0) is 63.0 Å². The first-order valence-corrected chi connectivity index (χ1v) is 12.9. The average molecular weight is 457 g/mol. The predicted octanol–water partition coefficient (Wildman–Crippen LogP) is 2.46. The quantitative estimate of drug-likeness (QED) is 0.638. The molecule has 0 spiro atoms. The molecule has 2 aromatic rings. The van der Waals surface area contributed by atoms with Gasteiger partial charge in [0.2, 0.25) is 10.0 Å². The highest BCUT2D eigenvalue weighted by Gasteiger charge is 2.26. The van der Waals surface area contributed by atoms with E-state index in [0.29, 0.717) is 42.9 Å². The lowest BCUT2D eigenvalue weighted by Gasteiger charge is -2.34. The maximum Gasteiger partial charge on any atom is 0.253 e. The highest BCUT2D eigenvalue weighted by atomic mass is 32.2. The van der Waals surface area contributed by atoms with Crippen LogP contribution >= 0.6 is 0 Å². The summed E-state index contributed by atoms with van der Waals surface area (Å²) < 4.78 is 28.1. The zero-order chi connectivity index (χ0) is 22.4. The lowest BCUT2D eigenvalue weighted by atomic mass is 10.0. The van der Waals surface area contributed by atoms with Crippen molar-refractivity contribution < 1.29 is 13.2 Å². The monoisotopic (exact) mass is 456 g/mol. The number of carbonyl (C=O) groups is 1. The second-order valence-electron chi connectivity index (χ2n) is 8.52. The molecule has 2 saturated heterocycles. The number of rotatable bonds is 8. The molecule has 2 aliphatic heterocycles. The van der Waals surface area contributed by atoms with E-state index in [9.17, 15) is 13.2 Å². The minimum absolute atomic E-state index is 0.0494. The molecule has 0 unspecified atom stereocenters. The lowest BCUT2D eigenvalue weighted by Crippen LogP contribution is -2.45. The zero-order valence-corrected chi connectivity index (χ0v) is 19.2. The molecule has 0 bridgehead atoms. The first-order chi connectivity index (χ1) is 15.5. The van der Waals surface area contributed by atoms with Gasteiger partial charge in [-0.2, -0.15) is 0 Å². The zero-order valence-electron chi connectivity index (χ0n) is 18.4. The van der Waals surface area contributed by atoms with Crippen molar-refractivity contribution in [3.63, 3.8) is 0 Å². The smallest absolute Gasteiger partial charge is 0.253 e. The number of likely N-dealkylation sites (tertiary alicyclic amines) is 1. The summed E-state index contributed by atoms with van der Waals surface area (Å²) in [6.45, 7) is 5.17. The molecular formula is C24H32N4O3S. The first kappa shape index (κ1) is 22.8. The summed E-state index contributed by atoms with van der Waals surface area (Å²) in [4.78, 5) is 17.7. The third kappa shape index (κ3) is 5.68. The maximum absolute atomic E-state index is 12.8. The van der Waals surface area contributed by atoms with Crippen LogP contribution in [0.15, 0.2) is 59.5 Å². The van der Waals surface area contributed by atoms with Gasteiger partial charge >= 0.3 is 0 Å². The van der Waals surface area contributed by atoms with Crippen LogP contribution in [-0.2, 0) is 10.0 Å². The van der Waals surface area contributed by atoms with Crippen LogP contribution in [0, 0.1) is 0 Å². The number of carbonyl (C=O) groups excluding carboxylic acids is 1. The van der Waals surface area contributed by atoms with Crippen molar-refractivity contribution in [3.8, 4) is 0 Å². The van der Waals surface area contributed by atoms with E-state index < -0.39 is 10.0 Å². The van der Waals surface area contributed by atoms with Crippen LogP contribution in [0.5, 0.6) is 0 Å². The number of nitrogens with zero attached hydrogens (tertiary/aromatic N) is 2. The number of hydrogen-bond donors (Lipinski definition) is 2. The normalized spacial score (nSPS) is 18.1. The fourth-order valence-corrected chi connectivity index (χ4v) is 5.82. The first-order valence-electron chi connectivity index (χ1n) is 11.4. The van der Waals surface area contributed by atoms with E-state index in [-0.39, 0.29) is 11.9 Å². The van der Waals surface area contributed by atoms with E-state index in [1.807, 2.05) is 24.3 Å². The van der Waals surface area contributed by atoms with Gasteiger partial charge in [-0.3, -0.25) is 4.79 Å². The van der Waals surface area contributed by atoms with Gasteiger partial charge in [0.25, 0.3) is 5.91 Å². The van der Waals surface area contributed by atoms with Crippen molar-refractivity contribution in [3.05, 3.63) is 60.2 Å². The fourth-order valence-electron chi connectivity index (χ4n) is 4.50. The number of para-hydroxylation sites is 1. The maximum atomic E-state index is 12.8. The van der Waals surface area contributed by atoms with Crippen molar-refractivity contribution in [2.24, 2.45) is 0 Å². The van der Waals surface area contributed by atoms with E-state index in [1.54, 1.807) is 30.3 Å². The van der Waals surface area contributed by atoms with Gasteiger partial charge in [-0.25, -0.2) is 13.1 Å². The summed E-state index contributed by atoms with van der Waals surface area (Å²) in [5.74, 6) is -0.0494. The Hall–Kier alpha value is -2.42. The predicted molar refractivity (Wildman–Crippen MR) is 126 cm³/mol. The van der Waals surface area contributed by atoms with E-state index in [4.69, 9.17) is 0 Å². The van der Waals surface area contributed by atoms with E-state index >= 15 is 0 Å². The van der Waals surface area contributed by atoms with Crippen LogP contribution in [0.1, 0.15) is 36.0 Å². The molecule has 0 aliphatic carbocycles. The summed E-state index contributed by atoms with van der Waals surface area (Å²) in [5, 5.41) is 3.06. The van der Waals surface area contributed by atoms with E-state index in [0.717, 1.165) is 25.3 Å². The van der Waals surface area contributed by atoms with Gasteiger partial charge in [0.1, 0.15) is 0 Å². The fraction of sp³-hybridized carbons (Fsp3) is 0.458. The second-order valence-corrected chi connectivity index (χ2v) is 10.2. The Morgan fingerprint density at radius 3 is 2.28 bits per heavy atom. The number of sulfonamides is 1. The molecule has 2 heterocycles. The Bertz CT molecular complexity index is 999. The summed E-state index contributed by atoms with van der Waals surface area (Å²) in [6, 6.07) is 16.0. The Labute approximate surface area is 190 Å². The van der Waals surface area contributed by atoms with Gasteiger partial charge in [-0.1, -0.05) is 30.3 Å². The highest BCUT2D eigenvalue weighted by molar-refractivity contribution is 7.89. The summed E-state index contributed by atoms with van der Waals surface area (Å²) >= 11 is 0. The number of amides is 1. The molecule has 172 valence electrons. The molecule has 32 heavy (non-hydrogen) atoms. The molecule has 2 aromatic carbocycles. The van der Waals surface area contributed by atoms with Gasteiger partial charge in [0.15, 0.2) is 0 Å². The lowest BCUT2D eigenvalue weighted by molar-refractivity contribution is 0.0950. The average Bonchev–Trinajstić information content (AvgIpc) is 3.33. The minimum atomic E-state index is -3.52. The second kappa shape index (κ2) is 10.5. The van der Waals surface area contributed by atoms with Gasteiger partial charge in [-0.15, -0.1) is 0 Å². The van der Waals surface area contributed by atoms with Crippen LogP contribution < -0.4 is 14.9 Å². The third-order valence-electron chi connectivity index (χ3n) is 6.27. The molecule has 8 heteroatoms. The van der Waals surface area contributed by atoms with Gasteiger partial charge < -0.3 is 15.1 Å². The number of benzene rings is 2. The molecular weight excluding hydrogens is 424 g/mol. The van der Waals surface area contributed by atoms with Crippen molar-refractivity contribution in [1.29, 1.82) is 0 Å². The Kier molecular flexibility index (Phi) is 7.44. The Morgan fingerprint density at radius 1 is 0.906 bits per heavy atom. The molecule has 2 N–H and O–H groups in total. The summed E-state index contributed by atoms with van der Waals surface area (Å²) in [7, 11) is -3.52. The van der Waals surface area contributed by atoms with Crippen molar-refractivity contribution in [2.75, 3.05) is 44.2 Å². The topological polar surface area (TPSA) is 81.8 Å². The third-order valence-corrected chi connectivity index (χ3v) is 7.81. The SMILES string of the molecule is O=C(NCCN1CCCC1)c1ccccc1N1CCC(NS(=O)(=O)c2ccccc2)CC1. The van der Waals surface area contributed by atoms with Crippen molar-refractivity contribution in [2.45, 2.75) is 36.6 Å². The van der Waals surface area contributed by atoms with Crippen LogP contribution in [0.4, 0.5) is 5.69 Å². The molecule has 4 rings (SSSR count). The van der Waals surface area contributed by atoms with Crippen LogP contribution in [-0.4, -0.2) is 64.5 Å². The molecule has 1 amide bonds. The highest BCUT2D eigenvalue weighted by Crippen LogP contribution is 2.25. The van der Waals surface area contributed by atoms with E-state index in [1.165, 1.54) is 12.8 Å². The van der Waals surface area contributed by atoms with Gasteiger partial charge in [0, 0.05) is 37.9 Å². The van der Waals surface area contributed by atoms with Crippen LogP contribution in [0.2, 0.25) is 0 Å². The summed E-state index contributed by atoms with van der Waals surface area (Å²) in [5.41, 5.74) is 1.59. The Balaban J connectivity index is 1.33. The molecule has 2 aliphatic rings. The van der Waals surface area contributed by atoms with E-state index in [2.05, 4.69) is 19.8 Å². The molecule has 0 atom stereocenters. The number of nitrogens with one attached hydrogen (secondary N) is 2. The molecule has 0 radical (unpaired) electrons. The summed E-state index contributed by atoms with van der Waals surface area (Å²) in [6.07, 6.45) is 3.87. The molecule has 7 nitrogen and oxygen atoms in total. The van der Waals surface area contributed by atoms with Crippen LogP contribution in [0.25, 0.3) is 0 Å². The standard InChI is InChI=1S/C24H32N4O3S/c29-24(25-14-19-27-15-6-7-16-27)22-10-4-5-11-23(22)28-17-12-20(13-18-28)26-32(30,31)21-8-2-1-3-9-21/h1-5,8-11,20,26H,6-7,12-19H2,(H,25,29). The minimum Gasteiger partial charge on any atom is -0.371 e. The number of hydrogen-bond acceptors (Lipinski definition) is 5. The molecule has 0 saturated carbocycles. The molecule has 0 aromatic heterocycles.